The lowest BCUT2D eigenvalue weighted by Gasteiger charge is -2.21. The lowest BCUT2D eigenvalue weighted by molar-refractivity contribution is 0.171. The van der Waals surface area contributed by atoms with Crippen molar-refractivity contribution in [2.24, 2.45) is 0 Å². The zero-order chi connectivity index (χ0) is 17.8. The normalized spacial score (nSPS) is 14.2. The van der Waals surface area contributed by atoms with Gasteiger partial charge in [0.25, 0.3) is 0 Å². The molecule has 0 amide bonds. The van der Waals surface area contributed by atoms with Crippen LogP contribution in [0.2, 0.25) is 0 Å². The van der Waals surface area contributed by atoms with Crippen LogP contribution in [0.5, 0.6) is 17.2 Å². The molecule has 0 radical (unpaired) electrons. The Bertz CT molecular complexity index is 728. The monoisotopic (exact) mass is 469 g/mol. The molecule has 4 nitrogen and oxygen atoms in total. The van der Waals surface area contributed by atoms with Crippen LogP contribution >= 0.6 is 31.9 Å². The zero-order valence-corrected chi connectivity index (χ0v) is 17.4. The van der Waals surface area contributed by atoms with Gasteiger partial charge in [-0.05, 0) is 81.1 Å². The quantitative estimate of drug-likeness (QED) is 0.627. The summed E-state index contributed by atoms with van der Waals surface area (Å²) in [5.74, 6) is 2.48. The third-order valence-corrected chi connectivity index (χ3v) is 5.20. The number of hydrogen-bond donors (Lipinski definition) is 1. The fourth-order valence-corrected chi connectivity index (χ4v) is 4.22. The molecule has 1 N–H and O–H groups in total. The molecule has 2 aromatic rings. The van der Waals surface area contributed by atoms with Crippen LogP contribution in [0.25, 0.3) is 0 Å². The second-order valence-corrected chi connectivity index (χ2v) is 7.54. The summed E-state index contributed by atoms with van der Waals surface area (Å²) in [6.07, 6.45) is 0. The third-order valence-electron chi connectivity index (χ3n) is 4.03. The fourth-order valence-electron chi connectivity index (χ4n) is 2.71. The largest absolute Gasteiger partial charge is 0.492 e. The van der Waals surface area contributed by atoms with Gasteiger partial charge in [0.05, 0.1) is 15.6 Å². The summed E-state index contributed by atoms with van der Waals surface area (Å²) < 4.78 is 18.8. The molecule has 3 rings (SSSR count). The van der Waals surface area contributed by atoms with Gasteiger partial charge in [0.1, 0.15) is 19.0 Å². The van der Waals surface area contributed by atoms with E-state index in [-0.39, 0.29) is 6.04 Å². The number of rotatable bonds is 6. The highest BCUT2D eigenvalue weighted by atomic mass is 79.9. The van der Waals surface area contributed by atoms with Crippen LogP contribution in [-0.4, -0.2) is 19.8 Å². The van der Waals surface area contributed by atoms with Crippen LogP contribution in [0.3, 0.4) is 0 Å². The van der Waals surface area contributed by atoms with E-state index in [1.807, 2.05) is 13.0 Å². The number of fused-ring (bicyclic) bond motifs is 1. The molecule has 0 saturated carbocycles. The topological polar surface area (TPSA) is 39.7 Å². The summed E-state index contributed by atoms with van der Waals surface area (Å²) in [6, 6.07) is 10.5. The molecule has 1 atom stereocenters. The number of nitrogens with one attached hydrogen (secondary N) is 1. The minimum absolute atomic E-state index is 0.194. The van der Waals surface area contributed by atoms with E-state index in [1.165, 1.54) is 11.1 Å². The molecule has 134 valence electrons. The summed E-state index contributed by atoms with van der Waals surface area (Å²) in [6.45, 7) is 6.72. The lowest BCUT2D eigenvalue weighted by atomic mass is 10.1. The van der Waals surface area contributed by atoms with Crippen LogP contribution in [0.15, 0.2) is 39.3 Å². The van der Waals surface area contributed by atoms with Crippen LogP contribution < -0.4 is 19.5 Å². The maximum Gasteiger partial charge on any atom is 0.161 e. The molecule has 1 heterocycles. The molecule has 6 heteroatoms. The van der Waals surface area contributed by atoms with E-state index in [0.717, 1.165) is 32.7 Å². The van der Waals surface area contributed by atoms with Crippen LogP contribution in [0.1, 0.15) is 31.0 Å². The molecule has 25 heavy (non-hydrogen) atoms. The fraction of sp³-hybridized carbons (Fsp3) is 0.368. The van der Waals surface area contributed by atoms with E-state index in [1.54, 1.807) is 0 Å². The summed E-state index contributed by atoms with van der Waals surface area (Å²) in [7, 11) is 0. The van der Waals surface area contributed by atoms with Gasteiger partial charge in [-0.25, -0.2) is 0 Å². The molecule has 0 bridgehead atoms. The van der Waals surface area contributed by atoms with Crippen LogP contribution in [-0.2, 0) is 6.54 Å². The Morgan fingerprint density at radius 3 is 2.44 bits per heavy atom. The van der Waals surface area contributed by atoms with E-state index >= 15 is 0 Å². The molecule has 1 unspecified atom stereocenters. The number of halogens is 2. The van der Waals surface area contributed by atoms with Crippen molar-refractivity contribution in [2.45, 2.75) is 26.4 Å². The first-order valence-corrected chi connectivity index (χ1v) is 9.90. The number of hydrogen-bond acceptors (Lipinski definition) is 4. The minimum Gasteiger partial charge on any atom is -0.492 e. The Morgan fingerprint density at radius 1 is 1.08 bits per heavy atom. The Labute approximate surface area is 165 Å². The summed E-state index contributed by atoms with van der Waals surface area (Å²) >= 11 is 7.16. The van der Waals surface area contributed by atoms with Crippen molar-refractivity contribution < 1.29 is 14.2 Å². The van der Waals surface area contributed by atoms with Gasteiger partial charge in [-0.2, -0.15) is 0 Å². The highest BCUT2D eigenvalue weighted by molar-refractivity contribution is 9.11. The van der Waals surface area contributed by atoms with Crippen LogP contribution in [0.4, 0.5) is 0 Å². The van der Waals surface area contributed by atoms with Gasteiger partial charge < -0.3 is 19.5 Å². The van der Waals surface area contributed by atoms with Crippen molar-refractivity contribution in [2.75, 3.05) is 19.8 Å². The number of ether oxygens (including phenoxy) is 3. The molecule has 0 fully saturated rings. The lowest BCUT2D eigenvalue weighted by Crippen LogP contribution is -2.19. The maximum atomic E-state index is 5.67. The predicted molar refractivity (Wildman–Crippen MR) is 106 cm³/mol. The first kappa shape index (κ1) is 18.5. The van der Waals surface area contributed by atoms with E-state index in [9.17, 15) is 0 Å². The first-order valence-electron chi connectivity index (χ1n) is 8.32. The highest BCUT2D eigenvalue weighted by Gasteiger charge is 2.15. The van der Waals surface area contributed by atoms with E-state index in [4.69, 9.17) is 14.2 Å². The van der Waals surface area contributed by atoms with Crippen molar-refractivity contribution in [3.05, 3.63) is 50.4 Å². The van der Waals surface area contributed by atoms with Gasteiger partial charge >= 0.3 is 0 Å². The predicted octanol–water partition coefficient (Wildman–Crippen LogP) is 5.23. The van der Waals surface area contributed by atoms with Crippen molar-refractivity contribution in [3.63, 3.8) is 0 Å². The highest BCUT2D eigenvalue weighted by Crippen LogP contribution is 2.35. The van der Waals surface area contributed by atoms with E-state index in [0.29, 0.717) is 19.8 Å². The summed E-state index contributed by atoms with van der Waals surface area (Å²) in [5, 5.41) is 3.55. The van der Waals surface area contributed by atoms with Crippen LogP contribution in [0, 0.1) is 0 Å². The van der Waals surface area contributed by atoms with Gasteiger partial charge in [0, 0.05) is 12.6 Å². The zero-order valence-electron chi connectivity index (χ0n) is 14.3. The average molecular weight is 471 g/mol. The third kappa shape index (κ3) is 4.49. The minimum atomic E-state index is 0.194. The molecule has 0 aliphatic carbocycles. The van der Waals surface area contributed by atoms with Crippen molar-refractivity contribution >= 4 is 31.9 Å². The smallest absolute Gasteiger partial charge is 0.161 e. The Morgan fingerprint density at radius 2 is 1.76 bits per heavy atom. The molecule has 1 aliphatic rings. The molecule has 1 aliphatic heterocycles. The summed E-state index contributed by atoms with van der Waals surface area (Å²) in [5.41, 5.74) is 2.35. The van der Waals surface area contributed by atoms with Gasteiger partial charge in [-0.1, -0.05) is 6.07 Å². The van der Waals surface area contributed by atoms with E-state index < -0.39 is 0 Å². The molecular weight excluding hydrogens is 450 g/mol. The number of benzene rings is 2. The summed E-state index contributed by atoms with van der Waals surface area (Å²) in [4.78, 5) is 0. The molecule has 0 aromatic heterocycles. The SMILES string of the molecule is CCOc1c(Br)cc(CNC(C)c2ccc3c(c2)OCCO3)cc1Br. The molecule has 2 aromatic carbocycles. The standard InChI is InChI=1S/C19H21Br2NO3/c1-3-23-19-15(20)8-13(9-16(19)21)11-22-12(2)14-4-5-17-18(10-14)25-7-6-24-17/h4-5,8-10,12,22H,3,6-7,11H2,1-2H3. The Balaban J connectivity index is 1.67. The second-order valence-electron chi connectivity index (χ2n) is 5.83. The van der Waals surface area contributed by atoms with Crippen molar-refractivity contribution in [3.8, 4) is 17.2 Å². The second kappa shape index (κ2) is 8.43. The van der Waals surface area contributed by atoms with Crippen molar-refractivity contribution in [1.82, 2.24) is 5.32 Å². The van der Waals surface area contributed by atoms with Crippen molar-refractivity contribution in [1.29, 1.82) is 0 Å². The van der Waals surface area contributed by atoms with Gasteiger partial charge in [0.15, 0.2) is 11.5 Å². The average Bonchev–Trinajstić information content (AvgIpc) is 2.62. The Hall–Kier alpha value is -1.24. The maximum absolute atomic E-state index is 5.67. The Kier molecular flexibility index (Phi) is 6.25. The van der Waals surface area contributed by atoms with E-state index in [2.05, 4.69) is 68.4 Å². The first-order chi connectivity index (χ1) is 12.1. The van der Waals surface area contributed by atoms with Gasteiger partial charge in [-0.3, -0.25) is 0 Å². The molecular formula is C19H21Br2NO3. The molecule has 0 spiro atoms. The molecule has 0 saturated heterocycles. The van der Waals surface area contributed by atoms with Gasteiger partial charge in [0.2, 0.25) is 0 Å². The van der Waals surface area contributed by atoms with Gasteiger partial charge in [-0.15, -0.1) is 0 Å².